The van der Waals surface area contributed by atoms with Crippen molar-refractivity contribution in [3.8, 4) is 5.75 Å². The smallest absolute Gasteiger partial charge is 0.236 e. The molecule has 0 aliphatic carbocycles. The van der Waals surface area contributed by atoms with Gasteiger partial charge in [-0.25, -0.2) is 4.98 Å². The van der Waals surface area contributed by atoms with Gasteiger partial charge < -0.3 is 15.4 Å². The number of carbonyl (C=O) groups excluding carboxylic acids is 2. The predicted molar refractivity (Wildman–Crippen MR) is 125 cm³/mol. The van der Waals surface area contributed by atoms with Crippen LogP contribution in [0.1, 0.15) is 33.1 Å². The molecule has 0 unspecified atom stereocenters. The van der Waals surface area contributed by atoms with Crippen molar-refractivity contribution in [2.24, 2.45) is 0 Å². The summed E-state index contributed by atoms with van der Waals surface area (Å²) in [5.41, 5.74) is 1.61. The number of ether oxygens (including phenoxy) is 1. The van der Waals surface area contributed by atoms with Crippen molar-refractivity contribution >= 4 is 55.9 Å². The monoisotopic (exact) mass is 443 g/mol. The fraction of sp³-hybridized carbons (Fsp3) is 0.318. The van der Waals surface area contributed by atoms with Crippen LogP contribution >= 0.6 is 23.1 Å². The van der Waals surface area contributed by atoms with Crippen LogP contribution in [0, 0.1) is 0 Å². The molecule has 3 rings (SSSR count). The second-order valence-corrected chi connectivity index (χ2v) is 8.67. The number of unbranched alkanes of at least 4 members (excludes halogenated alkanes) is 1. The second kappa shape index (κ2) is 11.0. The zero-order valence-corrected chi connectivity index (χ0v) is 18.7. The molecule has 0 aliphatic heterocycles. The fourth-order valence-electron chi connectivity index (χ4n) is 2.71. The number of carbonyl (C=O) groups is 2. The Kier molecular flexibility index (Phi) is 8.10. The maximum Gasteiger partial charge on any atom is 0.236 e. The number of nitrogens with one attached hydrogen (secondary N) is 2. The standard InChI is InChI=1S/C22H25N3O3S2/c1-3-5-6-20(26)23-15-7-10-17(11-8-15)29-14-21(27)25-22-24-18-12-9-16(28-4-2)13-19(18)30-22/h7-13H,3-6,14H2,1-2H3,(H,23,26)(H,24,25,27). The van der Waals surface area contributed by atoms with E-state index in [2.05, 4.69) is 22.5 Å². The number of thiazole rings is 1. The second-order valence-electron chi connectivity index (χ2n) is 6.59. The Morgan fingerprint density at radius 1 is 1.07 bits per heavy atom. The molecule has 158 valence electrons. The van der Waals surface area contributed by atoms with Gasteiger partial charge in [-0.2, -0.15) is 0 Å². The van der Waals surface area contributed by atoms with Crippen molar-refractivity contribution in [2.45, 2.75) is 38.0 Å². The summed E-state index contributed by atoms with van der Waals surface area (Å²) in [4.78, 5) is 29.5. The lowest BCUT2D eigenvalue weighted by atomic mass is 10.2. The van der Waals surface area contributed by atoms with Gasteiger partial charge in [-0.3, -0.25) is 9.59 Å². The van der Waals surface area contributed by atoms with Gasteiger partial charge in [-0.15, -0.1) is 11.8 Å². The third-order valence-corrected chi connectivity index (χ3v) is 6.13. The van der Waals surface area contributed by atoms with Gasteiger partial charge in [0.1, 0.15) is 5.75 Å². The molecule has 8 heteroatoms. The number of nitrogens with zero attached hydrogens (tertiary/aromatic N) is 1. The molecule has 0 fully saturated rings. The third kappa shape index (κ3) is 6.47. The SMILES string of the molecule is CCCCC(=O)Nc1ccc(SCC(=O)Nc2nc3ccc(OCC)cc3s2)cc1. The molecule has 6 nitrogen and oxygen atoms in total. The molecule has 0 bridgehead atoms. The summed E-state index contributed by atoms with van der Waals surface area (Å²) >= 11 is 2.87. The molecular weight excluding hydrogens is 418 g/mol. The predicted octanol–water partition coefficient (Wildman–Crippen LogP) is 5.55. The number of amides is 2. The maximum absolute atomic E-state index is 12.3. The summed E-state index contributed by atoms with van der Waals surface area (Å²) in [5, 5.41) is 6.32. The largest absolute Gasteiger partial charge is 0.494 e. The number of thioether (sulfide) groups is 1. The Morgan fingerprint density at radius 2 is 1.87 bits per heavy atom. The molecule has 0 saturated carbocycles. The fourth-order valence-corrected chi connectivity index (χ4v) is 4.32. The highest BCUT2D eigenvalue weighted by molar-refractivity contribution is 8.00. The van der Waals surface area contributed by atoms with Gasteiger partial charge in [0.05, 0.1) is 22.6 Å². The van der Waals surface area contributed by atoms with Crippen LogP contribution in [0.5, 0.6) is 5.75 Å². The number of aromatic nitrogens is 1. The van der Waals surface area contributed by atoms with Crippen molar-refractivity contribution in [3.05, 3.63) is 42.5 Å². The zero-order valence-electron chi connectivity index (χ0n) is 17.1. The van der Waals surface area contributed by atoms with Crippen molar-refractivity contribution in [1.29, 1.82) is 0 Å². The molecular formula is C22H25N3O3S2. The zero-order chi connectivity index (χ0) is 21.3. The highest BCUT2D eigenvalue weighted by Crippen LogP contribution is 2.29. The van der Waals surface area contributed by atoms with Crippen LogP contribution in [0.2, 0.25) is 0 Å². The first kappa shape index (κ1) is 22.1. The first-order valence-corrected chi connectivity index (χ1v) is 11.7. The minimum Gasteiger partial charge on any atom is -0.494 e. The van der Waals surface area contributed by atoms with Crippen LogP contribution in [-0.4, -0.2) is 29.2 Å². The lowest BCUT2D eigenvalue weighted by Crippen LogP contribution is -2.13. The Labute approximate surface area is 184 Å². The molecule has 0 saturated heterocycles. The molecule has 0 radical (unpaired) electrons. The Balaban J connectivity index is 1.49. The molecule has 2 N–H and O–H groups in total. The van der Waals surface area contributed by atoms with Crippen LogP contribution in [0.4, 0.5) is 10.8 Å². The summed E-state index contributed by atoms with van der Waals surface area (Å²) in [6, 6.07) is 13.2. The van der Waals surface area contributed by atoms with E-state index in [1.807, 2.05) is 49.4 Å². The van der Waals surface area contributed by atoms with Gasteiger partial charge in [0, 0.05) is 17.0 Å². The van der Waals surface area contributed by atoms with Crippen LogP contribution in [0.15, 0.2) is 47.4 Å². The van der Waals surface area contributed by atoms with Gasteiger partial charge >= 0.3 is 0 Å². The van der Waals surface area contributed by atoms with Gasteiger partial charge in [0.15, 0.2) is 5.13 Å². The normalized spacial score (nSPS) is 10.7. The van der Waals surface area contributed by atoms with E-state index in [0.29, 0.717) is 18.2 Å². The lowest BCUT2D eigenvalue weighted by molar-refractivity contribution is -0.116. The highest BCUT2D eigenvalue weighted by Gasteiger charge is 2.10. The minimum absolute atomic E-state index is 0.0286. The molecule has 3 aromatic rings. The molecule has 1 heterocycles. The molecule has 0 atom stereocenters. The summed E-state index contributed by atoms with van der Waals surface area (Å²) in [7, 11) is 0. The van der Waals surface area contributed by atoms with E-state index in [1.54, 1.807) is 0 Å². The third-order valence-electron chi connectivity index (χ3n) is 4.18. The molecule has 1 aromatic heterocycles. The summed E-state index contributed by atoms with van der Waals surface area (Å²) in [5.74, 6) is 0.997. The lowest BCUT2D eigenvalue weighted by Gasteiger charge is -2.06. The van der Waals surface area contributed by atoms with E-state index < -0.39 is 0 Å². The first-order valence-electron chi connectivity index (χ1n) is 9.93. The van der Waals surface area contributed by atoms with Crippen molar-refractivity contribution in [1.82, 2.24) is 4.98 Å². The number of fused-ring (bicyclic) bond motifs is 1. The van der Waals surface area contributed by atoms with Gasteiger partial charge in [-0.05, 0) is 55.8 Å². The van der Waals surface area contributed by atoms with Gasteiger partial charge in [0.25, 0.3) is 0 Å². The average molecular weight is 444 g/mol. The van der Waals surface area contributed by atoms with E-state index in [4.69, 9.17) is 4.74 Å². The minimum atomic E-state index is -0.110. The molecule has 2 aromatic carbocycles. The van der Waals surface area contributed by atoms with E-state index in [1.165, 1.54) is 23.1 Å². The number of rotatable bonds is 10. The van der Waals surface area contributed by atoms with Crippen molar-refractivity contribution in [3.63, 3.8) is 0 Å². The number of hydrogen-bond donors (Lipinski definition) is 2. The molecule has 0 spiro atoms. The topological polar surface area (TPSA) is 80.3 Å². The van der Waals surface area contributed by atoms with E-state index >= 15 is 0 Å². The van der Waals surface area contributed by atoms with Crippen LogP contribution in [0.3, 0.4) is 0 Å². The Morgan fingerprint density at radius 3 is 2.60 bits per heavy atom. The molecule has 0 aliphatic rings. The number of anilines is 2. The van der Waals surface area contributed by atoms with Crippen LogP contribution < -0.4 is 15.4 Å². The molecule has 30 heavy (non-hydrogen) atoms. The quantitative estimate of drug-likeness (QED) is 0.401. The highest BCUT2D eigenvalue weighted by atomic mass is 32.2. The first-order chi connectivity index (χ1) is 14.6. The van der Waals surface area contributed by atoms with Crippen LogP contribution in [-0.2, 0) is 9.59 Å². The Bertz CT molecular complexity index is 1000. The van der Waals surface area contributed by atoms with Crippen molar-refractivity contribution < 1.29 is 14.3 Å². The van der Waals surface area contributed by atoms with Crippen molar-refractivity contribution in [2.75, 3.05) is 23.0 Å². The number of benzene rings is 2. The summed E-state index contributed by atoms with van der Waals surface area (Å²) < 4.78 is 6.48. The van der Waals surface area contributed by atoms with Gasteiger partial charge in [-0.1, -0.05) is 24.7 Å². The van der Waals surface area contributed by atoms with E-state index in [0.717, 1.165) is 39.4 Å². The van der Waals surface area contributed by atoms with E-state index in [9.17, 15) is 9.59 Å². The van der Waals surface area contributed by atoms with Gasteiger partial charge in [0.2, 0.25) is 11.8 Å². The Hall–Kier alpha value is -2.58. The van der Waals surface area contributed by atoms with Crippen LogP contribution in [0.25, 0.3) is 10.2 Å². The summed E-state index contributed by atoms with van der Waals surface area (Å²) in [6.07, 6.45) is 2.42. The van der Waals surface area contributed by atoms with E-state index in [-0.39, 0.29) is 17.6 Å². The average Bonchev–Trinajstić information content (AvgIpc) is 3.13. The molecule has 2 amide bonds. The maximum atomic E-state index is 12.3. The number of hydrogen-bond acceptors (Lipinski definition) is 6. The summed E-state index contributed by atoms with van der Waals surface area (Å²) in [6.45, 7) is 4.61.